The van der Waals surface area contributed by atoms with Crippen molar-refractivity contribution in [2.24, 2.45) is 5.92 Å². The molecule has 0 saturated carbocycles. The molecule has 1 fully saturated rings. The van der Waals surface area contributed by atoms with Crippen LogP contribution in [0.2, 0.25) is 0 Å². The normalized spacial score (nSPS) is 35.5. The Balaban J connectivity index is 2.64. The number of hydrogen-bond donors (Lipinski definition) is 1. The summed E-state index contributed by atoms with van der Waals surface area (Å²) in [4.78, 5) is 10.5. The minimum atomic E-state index is -0.845. The van der Waals surface area contributed by atoms with E-state index in [0.717, 1.165) is 0 Å². The van der Waals surface area contributed by atoms with Gasteiger partial charge in [-0.25, -0.2) is 4.79 Å². The van der Waals surface area contributed by atoms with Gasteiger partial charge in [0, 0.05) is 0 Å². The van der Waals surface area contributed by atoms with E-state index in [2.05, 4.69) is 0 Å². The van der Waals surface area contributed by atoms with Gasteiger partial charge < -0.3 is 9.84 Å². The average Bonchev–Trinajstić information content (AvgIpc) is 2.08. The fourth-order valence-corrected chi connectivity index (χ4v) is 1.29. The molecule has 3 nitrogen and oxygen atoms in total. The minimum Gasteiger partial charge on any atom is -0.479 e. The summed E-state index contributed by atoms with van der Waals surface area (Å²) >= 11 is 0. The lowest BCUT2D eigenvalue weighted by Crippen LogP contribution is -2.27. The van der Waals surface area contributed by atoms with Gasteiger partial charge in [-0.2, -0.15) is 0 Å². The number of aliphatic carboxylic acids is 1. The standard InChI is InChI=1S/C8H14O3/c1-5-4-6(7(9)10)11-8(5,2)3/h5-6H,4H2,1-3H3,(H,9,10). The third-order valence-electron chi connectivity index (χ3n) is 2.48. The van der Waals surface area contributed by atoms with E-state index in [1.807, 2.05) is 20.8 Å². The SMILES string of the molecule is CC1CC(C(=O)O)OC1(C)C. The molecule has 0 aromatic carbocycles. The molecule has 0 radical (unpaired) electrons. The Hall–Kier alpha value is -0.570. The maximum absolute atomic E-state index is 10.5. The quantitative estimate of drug-likeness (QED) is 0.625. The number of carbonyl (C=O) groups is 1. The first-order valence-corrected chi connectivity index (χ1v) is 3.84. The zero-order valence-electron chi connectivity index (χ0n) is 7.13. The first-order chi connectivity index (χ1) is 4.93. The molecule has 1 saturated heterocycles. The van der Waals surface area contributed by atoms with Crippen LogP contribution >= 0.6 is 0 Å². The Morgan fingerprint density at radius 3 is 2.36 bits per heavy atom. The molecule has 0 spiro atoms. The highest BCUT2D eigenvalue weighted by molar-refractivity contribution is 5.72. The molecule has 3 heteroatoms. The number of carboxylic acid groups (broad SMARTS) is 1. The first-order valence-electron chi connectivity index (χ1n) is 3.84. The van der Waals surface area contributed by atoms with E-state index in [-0.39, 0.29) is 5.60 Å². The summed E-state index contributed by atoms with van der Waals surface area (Å²) in [6, 6.07) is 0. The van der Waals surface area contributed by atoms with E-state index in [1.165, 1.54) is 0 Å². The number of hydrogen-bond acceptors (Lipinski definition) is 2. The molecular formula is C8H14O3. The molecule has 64 valence electrons. The fourth-order valence-electron chi connectivity index (χ4n) is 1.29. The van der Waals surface area contributed by atoms with Gasteiger partial charge in [0.2, 0.25) is 0 Å². The average molecular weight is 158 g/mol. The van der Waals surface area contributed by atoms with Crippen LogP contribution in [0, 0.1) is 5.92 Å². The Labute approximate surface area is 66.4 Å². The van der Waals surface area contributed by atoms with Gasteiger partial charge in [0.25, 0.3) is 0 Å². The van der Waals surface area contributed by atoms with Gasteiger partial charge >= 0.3 is 5.97 Å². The Morgan fingerprint density at radius 2 is 2.18 bits per heavy atom. The lowest BCUT2D eigenvalue weighted by atomic mass is 9.92. The monoisotopic (exact) mass is 158 g/mol. The van der Waals surface area contributed by atoms with Crippen LogP contribution in [-0.2, 0) is 9.53 Å². The van der Waals surface area contributed by atoms with Crippen molar-refractivity contribution in [2.75, 3.05) is 0 Å². The smallest absolute Gasteiger partial charge is 0.332 e. The second-order valence-corrected chi connectivity index (χ2v) is 3.68. The molecule has 1 heterocycles. The zero-order chi connectivity index (χ0) is 8.65. The highest BCUT2D eigenvalue weighted by Crippen LogP contribution is 2.35. The van der Waals surface area contributed by atoms with Crippen LogP contribution in [0.15, 0.2) is 0 Å². The second-order valence-electron chi connectivity index (χ2n) is 3.68. The maximum atomic E-state index is 10.5. The third kappa shape index (κ3) is 1.53. The van der Waals surface area contributed by atoms with Gasteiger partial charge in [0.15, 0.2) is 6.10 Å². The molecule has 2 atom stereocenters. The predicted octanol–water partition coefficient (Wildman–Crippen LogP) is 1.27. The fraction of sp³-hybridized carbons (Fsp3) is 0.875. The van der Waals surface area contributed by atoms with Crippen molar-refractivity contribution in [1.82, 2.24) is 0 Å². The van der Waals surface area contributed by atoms with E-state index in [9.17, 15) is 4.79 Å². The Kier molecular flexibility index (Phi) is 1.92. The van der Waals surface area contributed by atoms with Crippen LogP contribution in [-0.4, -0.2) is 22.8 Å². The van der Waals surface area contributed by atoms with Crippen molar-refractivity contribution < 1.29 is 14.6 Å². The molecule has 1 aliphatic rings. The van der Waals surface area contributed by atoms with Gasteiger partial charge in [-0.1, -0.05) is 6.92 Å². The van der Waals surface area contributed by atoms with Crippen LogP contribution in [0.1, 0.15) is 27.2 Å². The van der Waals surface area contributed by atoms with E-state index in [1.54, 1.807) is 0 Å². The molecule has 2 unspecified atom stereocenters. The molecule has 0 bridgehead atoms. The number of rotatable bonds is 1. The summed E-state index contributed by atoms with van der Waals surface area (Å²) in [5.41, 5.74) is -0.275. The van der Waals surface area contributed by atoms with E-state index in [0.29, 0.717) is 12.3 Å². The summed E-state index contributed by atoms with van der Waals surface area (Å²) in [6.07, 6.45) is 0.0301. The van der Waals surface area contributed by atoms with Gasteiger partial charge in [-0.3, -0.25) is 0 Å². The van der Waals surface area contributed by atoms with Gasteiger partial charge in [0.05, 0.1) is 5.60 Å². The van der Waals surface area contributed by atoms with Crippen molar-refractivity contribution in [1.29, 1.82) is 0 Å². The topological polar surface area (TPSA) is 46.5 Å². The Bertz CT molecular complexity index is 174. The predicted molar refractivity (Wildman–Crippen MR) is 40.4 cm³/mol. The van der Waals surface area contributed by atoms with Crippen molar-refractivity contribution in [2.45, 2.75) is 38.9 Å². The Morgan fingerprint density at radius 1 is 1.64 bits per heavy atom. The van der Waals surface area contributed by atoms with Crippen LogP contribution in [0.5, 0.6) is 0 Å². The maximum Gasteiger partial charge on any atom is 0.332 e. The molecule has 11 heavy (non-hydrogen) atoms. The van der Waals surface area contributed by atoms with Crippen LogP contribution in [0.25, 0.3) is 0 Å². The van der Waals surface area contributed by atoms with Crippen molar-refractivity contribution in [3.05, 3.63) is 0 Å². The summed E-state index contributed by atoms with van der Waals surface area (Å²) in [5.74, 6) is -0.522. The summed E-state index contributed by atoms with van der Waals surface area (Å²) in [6.45, 7) is 5.88. The lowest BCUT2D eigenvalue weighted by Gasteiger charge is -2.22. The van der Waals surface area contributed by atoms with Crippen molar-refractivity contribution in [3.63, 3.8) is 0 Å². The third-order valence-corrected chi connectivity index (χ3v) is 2.48. The van der Waals surface area contributed by atoms with E-state index in [4.69, 9.17) is 9.84 Å². The largest absolute Gasteiger partial charge is 0.479 e. The van der Waals surface area contributed by atoms with E-state index >= 15 is 0 Å². The molecule has 1 N–H and O–H groups in total. The highest BCUT2D eigenvalue weighted by atomic mass is 16.5. The van der Waals surface area contributed by atoms with E-state index < -0.39 is 12.1 Å². The molecule has 1 rings (SSSR count). The summed E-state index contributed by atoms with van der Waals surface area (Å²) < 4.78 is 5.32. The molecule has 0 aliphatic carbocycles. The lowest BCUT2D eigenvalue weighted by molar-refractivity contribution is -0.153. The summed E-state index contributed by atoms with van der Waals surface area (Å²) in [7, 11) is 0. The molecule has 1 aliphatic heterocycles. The first kappa shape index (κ1) is 8.53. The van der Waals surface area contributed by atoms with Crippen molar-refractivity contribution in [3.8, 4) is 0 Å². The van der Waals surface area contributed by atoms with Gasteiger partial charge in [0.1, 0.15) is 0 Å². The molecule has 0 aromatic heterocycles. The molecule has 0 aromatic rings. The number of carboxylic acids is 1. The second kappa shape index (κ2) is 2.48. The minimum absolute atomic E-state index is 0.275. The van der Waals surface area contributed by atoms with Crippen molar-refractivity contribution >= 4 is 5.97 Å². The molecule has 0 amide bonds. The van der Waals surface area contributed by atoms with Crippen LogP contribution in [0.3, 0.4) is 0 Å². The summed E-state index contributed by atoms with van der Waals surface area (Å²) in [5, 5.41) is 8.64. The highest BCUT2D eigenvalue weighted by Gasteiger charge is 2.41. The zero-order valence-corrected chi connectivity index (χ0v) is 7.13. The van der Waals surface area contributed by atoms with Crippen LogP contribution in [0.4, 0.5) is 0 Å². The van der Waals surface area contributed by atoms with Crippen LogP contribution < -0.4 is 0 Å². The van der Waals surface area contributed by atoms with Gasteiger partial charge in [-0.15, -0.1) is 0 Å². The number of ether oxygens (including phenoxy) is 1. The molecular weight excluding hydrogens is 144 g/mol. The van der Waals surface area contributed by atoms with Gasteiger partial charge in [-0.05, 0) is 26.2 Å².